The first-order valence-corrected chi connectivity index (χ1v) is 9.46. The maximum atomic E-state index is 12.3. The van der Waals surface area contributed by atoms with Crippen molar-refractivity contribution in [2.24, 2.45) is 9.50 Å². The van der Waals surface area contributed by atoms with E-state index in [-0.39, 0.29) is 33.3 Å². The molecule has 3 rings (SSSR count). The molecule has 0 spiro atoms. The van der Waals surface area contributed by atoms with Gasteiger partial charge >= 0.3 is 0 Å². The van der Waals surface area contributed by atoms with Crippen molar-refractivity contribution in [3.05, 3.63) is 61.7 Å². The summed E-state index contributed by atoms with van der Waals surface area (Å²) >= 11 is 0. The average Bonchev–Trinajstić information content (AvgIpc) is 2.97. The van der Waals surface area contributed by atoms with Gasteiger partial charge < -0.3 is 9.84 Å². The molecule has 156 valence electrons. The number of sulfonamides is 1. The minimum Gasteiger partial charge on any atom is -0.504 e. The zero-order chi connectivity index (χ0) is 22.2. The summed E-state index contributed by atoms with van der Waals surface area (Å²) in [5.41, 5.74) is -0.722. The van der Waals surface area contributed by atoms with Crippen molar-refractivity contribution < 1.29 is 28.1 Å². The zero-order valence-corrected chi connectivity index (χ0v) is 16.2. The van der Waals surface area contributed by atoms with Crippen molar-refractivity contribution >= 4 is 33.4 Å². The SMILES string of the molecule is COc1cc([N+](=O)[O-])cc(/C=N/N(C)C2=NS(=O)(=O)c3cc([N+](=O)[O-])ccc32)c1O. The van der Waals surface area contributed by atoms with Crippen LogP contribution in [0.25, 0.3) is 0 Å². The largest absolute Gasteiger partial charge is 0.504 e. The van der Waals surface area contributed by atoms with Crippen LogP contribution in [0.4, 0.5) is 11.4 Å². The number of phenols is 1. The van der Waals surface area contributed by atoms with Gasteiger partial charge in [0, 0.05) is 36.4 Å². The Balaban J connectivity index is 1.99. The third-order valence-corrected chi connectivity index (χ3v) is 5.40. The molecule has 1 aliphatic rings. The van der Waals surface area contributed by atoms with Gasteiger partial charge in [-0.1, -0.05) is 0 Å². The molecular weight excluding hydrogens is 422 g/mol. The van der Waals surface area contributed by atoms with Gasteiger partial charge in [-0.3, -0.25) is 20.2 Å². The molecule has 0 saturated heterocycles. The van der Waals surface area contributed by atoms with Gasteiger partial charge in [-0.25, -0.2) is 5.01 Å². The van der Waals surface area contributed by atoms with Gasteiger partial charge in [0.2, 0.25) is 0 Å². The van der Waals surface area contributed by atoms with Crippen LogP contribution in [0.2, 0.25) is 0 Å². The third kappa shape index (κ3) is 3.62. The molecule has 0 aliphatic carbocycles. The number of fused-ring (bicyclic) bond motifs is 1. The van der Waals surface area contributed by atoms with Gasteiger partial charge in [0.15, 0.2) is 17.3 Å². The Bertz CT molecular complexity index is 1240. The number of ether oxygens (including phenoxy) is 1. The lowest BCUT2D eigenvalue weighted by atomic mass is 10.1. The van der Waals surface area contributed by atoms with Crippen molar-refractivity contribution in [2.45, 2.75) is 4.90 Å². The number of nitrogens with zero attached hydrogens (tertiary/aromatic N) is 5. The van der Waals surface area contributed by atoms with Crippen LogP contribution in [0.15, 0.2) is 44.7 Å². The number of benzene rings is 2. The Morgan fingerprint density at radius 3 is 2.43 bits per heavy atom. The van der Waals surface area contributed by atoms with E-state index >= 15 is 0 Å². The fourth-order valence-corrected chi connectivity index (χ4v) is 3.89. The topological polar surface area (TPSA) is 178 Å². The number of nitro benzene ring substituents is 2. The summed E-state index contributed by atoms with van der Waals surface area (Å²) in [4.78, 5) is 20.2. The van der Waals surface area contributed by atoms with Gasteiger partial charge in [0.25, 0.3) is 21.4 Å². The summed E-state index contributed by atoms with van der Waals surface area (Å²) in [6, 6.07) is 5.35. The smallest absolute Gasteiger partial charge is 0.285 e. The predicted octanol–water partition coefficient (Wildman–Crippen LogP) is 1.63. The molecule has 0 radical (unpaired) electrons. The quantitative estimate of drug-likeness (QED) is 0.415. The first-order chi connectivity index (χ1) is 14.0. The fourth-order valence-electron chi connectivity index (χ4n) is 2.65. The van der Waals surface area contributed by atoms with Crippen LogP contribution in [0.3, 0.4) is 0 Å². The van der Waals surface area contributed by atoms with Crippen LogP contribution < -0.4 is 4.74 Å². The molecular formula is C16H13N5O8S. The predicted molar refractivity (Wildman–Crippen MR) is 103 cm³/mol. The number of non-ortho nitro benzene ring substituents is 2. The maximum Gasteiger partial charge on any atom is 0.285 e. The van der Waals surface area contributed by atoms with Gasteiger partial charge in [-0.05, 0) is 6.07 Å². The van der Waals surface area contributed by atoms with E-state index in [0.29, 0.717) is 0 Å². The van der Waals surface area contributed by atoms with Crippen LogP contribution in [0, 0.1) is 20.2 Å². The summed E-state index contributed by atoms with van der Waals surface area (Å²) in [5.74, 6) is -0.669. The first kappa shape index (κ1) is 20.7. The maximum absolute atomic E-state index is 12.3. The highest BCUT2D eigenvalue weighted by molar-refractivity contribution is 7.90. The van der Waals surface area contributed by atoms with E-state index in [4.69, 9.17) is 4.74 Å². The van der Waals surface area contributed by atoms with Gasteiger partial charge in [-0.2, -0.15) is 13.5 Å². The van der Waals surface area contributed by atoms with Crippen LogP contribution in [0.5, 0.6) is 11.5 Å². The third-order valence-electron chi connectivity index (χ3n) is 4.10. The molecule has 1 N–H and O–H groups in total. The van der Waals surface area contributed by atoms with E-state index in [1.807, 2.05) is 0 Å². The molecule has 1 aliphatic heterocycles. The molecule has 0 aromatic heterocycles. The van der Waals surface area contributed by atoms with Crippen LogP contribution in [-0.4, -0.2) is 54.6 Å². The lowest BCUT2D eigenvalue weighted by Gasteiger charge is -2.13. The monoisotopic (exact) mass is 435 g/mol. The lowest BCUT2D eigenvalue weighted by Crippen LogP contribution is -2.21. The second-order valence-electron chi connectivity index (χ2n) is 5.94. The van der Waals surface area contributed by atoms with Crippen molar-refractivity contribution in [3.8, 4) is 11.5 Å². The molecule has 2 aromatic rings. The highest BCUT2D eigenvalue weighted by atomic mass is 32.2. The van der Waals surface area contributed by atoms with E-state index in [1.54, 1.807) is 0 Å². The second kappa shape index (κ2) is 7.40. The number of hydrazone groups is 1. The Hall–Kier alpha value is -4.07. The second-order valence-corrected chi connectivity index (χ2v) is 7.51. The molecule has 0 atom stereocenters. The normalized spacial score (nSPS) is 14.3. The lowest BCUT2D eigenvalue weighted by molar-refractivity contribution is -0.385. The number of hydrogen-bond donors (Lipinski definition) is 1. The summed E-state index contributed by atoms with van der Waals surface area (Å²) in [7, 11) is -1.59. The van der Waals surface area contributed by atoms with E-state index < -0.39 is 31.3 Å². The van der Waals surface area contributed by atoms with Gasteiger partial charge in [-0.15, -0.1) is 4.40 Å². The van der Waals surface area contributed by atoms with Crippen LogP contribution in [0.1, 0.15) is 11.1 Å². The molecule has 1 heterocycles. The Labute approximate surface area is 168 Å². The summed E-state index contributed by atoms with van der Waals surface area (Å²) in [6.07, 6.45) is 1.06. The number of nitro groups is 2. The van der Waals surface area contributed by atoms with Crippen molar-refractivity contribution in [1.82, 2.24) is 5.01 Å². The van der Waals surface area contributed by atoms with Gasteiger partial charge in [0.05, 0.1) is 29.2 Å². The Morgan fingerprint density at radius 2 is 1.83 bits per heavy atom. The molecule has 0 unspecified atom stereocenters. The summed E-state index contributed by atoms with van der Waals surface area (Å²) in [6.45, 7) is 0. The average molecular weight is 435 g/mol. The van der Waals surface area contributed by atoms with E-state index in [1.165, 1.54) is 20.2 Å². The summed E-state index contributed by atoms with van der Waals surface area (Å²) < 4.78 is 33.0. The molecule has 13 nitrogen and oxygen atoms in total. The molecule has 30 heavy (non-hydrogen) atoms. The molecule has 14 heteroatoms. The number of methoxy groups -OCH3 is 1. The highest BCUT2D eigenvalue weighted by Crippen LogP contribution is 2.34. The highest BCUT2D eigenvalue weighted by Gasteiger charge is 2.33. The van der Waals surface area contributed by atoms with E-state index in [0.717, 1.165) is 35.5 Å². The molecule has 0 saturated carbocycles. The standard InChI is InChI=1S/C16H13N5O8S/c1-19(17-8-9-5-11(21(25)26)6-13(29-2)15(9)22)16-12-4-3-10(20(23)24)7-14(12)30(27,28)18-16/h3-8,22H,1-2H3/b17-8+. The van der Waals surface area contributed by atoms with Crippen molar-refractivity contribution in [2.75, 3.05) is 14.2 Å². The molecule has 0 amide bonds. The van der Waals surface area contributed by atoms with E-state index in [2.05, 4.69) is 9.50 Å². The zero-order valence-electron chi connectivity index (χ0n) is 15.4. The van der Waals surface area contributed by atoms with Crippen LogP contribution in [-0.2, 0) is 10.0 Å². The minimum absolute atomic E-state index is 0.0572. The molecule has 2 aromatic carbocycles. The van der Waals surface area contributed by atoms with E-state index in [9.17, 15) is 33.8 Å². The van der Waals surface area contributed by atoms with Crippen molar-refractivity contribution in [3.63, 3.8) is 0 Å². The minimum atomic E-state index is -4.17. The Kier molecular flexibility index (Phi) is 5.09. The number of aromatic hydroxyl groups is 1. The fraction of sp³-hybridized carbons (Fsp3) is 0.125. The molecule has 0 bridgehead atoms. The number of phenolic OH excluding ortho intramolecular Hbond substituents is 1. The Morgan fingerprint density at radius 1 is 1.17 bits per heavy atom. The van der Waals surface area contributed by atoms with Crippen molar-refractivity contribution in [1.29, 1.82) is 0 Å². The number of hydrogen-bond acceptors (Lipinski definition) is 10. The van der Waals surface area contributed by atoms with Crippen LogP contribution >= 0.6 is 0 Å². The first-order valence-electron chi connectivity index (χ1n) is 8.02. The molecule has 0 fully saturated rings. The van der Waals surface area contributed by atoms with Gasteiger partial charge in [0.1, 0.15) is 4.90 Å². The summed E-state index contributed by atoms with van der Waals surface area (Å²) in [5, 5.41) is 37.1. The number of amidine groups is 1. The number of rotatable bonds is 5.